The second kappa shape index (κ2) is 6.40. The van der Waals surface area contributed by atoms with Crippen molar-refractivity contribution in [1.82, 2.24) is 15.0 Å². The summed E-state index contributed by atoms with van der Waals surface area (Å²) in [6.45, 7) is 1.92. The number of aromatic nitrogens is 3. The lowest BCUT2D eigenvalue weighted by molar-refractivity contribution is 0.402. The van der Waals surface area contributed by atoms with Crippen molar-refractivity contribution in [2.45, 2.75) is 19.3 Å². The van der Waals surface area contributed by atoms with E-state index in [2.05, 4.69) is 19.9 Å². The monoisotopic (exact) mass is 344 g/mol. The molecule has 1 saturated heterocycles. The van der Waals surface area contributed by atoms with Gasteiger partial charge in [0.2, 0.25) is 0 Å². The molecule has 0 saturated carbocycles. The number of hydrogen-bond acceptors (Lipinski definition) is 3. The second-order valence-corrected chi connectivity index (χ2v) is 6.71. The van der Waals surface area contributed by atoms with Gasteiger partial charge in [0, 0.05) is 24.3 Å². The van der Waals surface area contributed by atoms with Crippen molar-refractivity contribution < 1.29 is 4.39 Å². The lowest BCUT2D eigenvalue weighted by Crippen LogP contribution is -2.35. The van der Waals surface area contributed by atoms with Crippen LogP contribution in [0.25, 0.3) is 11.0 Å². The van der Waals surface area contributed by atoms with E-state index in [9.17, 15) is 4.39 Å². The molecule has 4 rings (SSSR count). The Kier molecular flexibility index (Phi) is 4.10. The van der Waals surface area contributed by atoms with E-state index in [-0.39, 0.29) is 5.82 Å². The van der Waals surface area contributed by atoms with E-state index in [0.717, 1.165) is 54.8 Å². The van der Waals surface area contributed by atoms with Gasteiger partial charge in [-0.3, -0.25) is 0 Å². The molecule has 1 N–H and O–H groups in total. The quantitative estimate of drug-likeness (QED) is 0.774. The lowest BCUT2D eigenvalue weighted by Gasteiger charge is -2.33. The molecule has 1 aliphatic heterocycles. The standard InChI is InChI=1S/C18H18ClFN4/c19-16-10-14(20)2-1-13(16)9-12-4-7-24(8-5-12)18-15-3-6-21-17(15)22-11-23-18/h1-3,6,10-12H,4-5,7-9H2,(H,21,22,23). The number of fused-ring (bicyclic) bond motifs is 1. The highest BCUT2D eigenvalue weighted by atomic mass is 35.5. The number of rotatable bonds is 3. The summed E-state index contributed by atoms with van der Waals surface area (Å²) in [6.07, 6.45) is 6.55. The van der Waals surface area contributed by atoms with Crippen LogP contribution in [0, 0.1) is 11.7 Å². The van der Waals surface area contributed by atoms with E-state index in [1.165, 1.54) is 12.1 Å². The first-order valence-electron chi connectivity index (χ1n) is 8.17. The minimum absolute atomic E-state index is 0.280. The third-order valence-corrected chi connectivity index (χ3v) is 5.12. The Balaban J connectivity index is 1.44. The van der Waals surface area contributed by atoms with Crippen LogP contribution in [-0.4, -0.2) is 28.0 Å². The highest BCUT2D eigenvalue weighted by molar-refractivity contribution is 6.31. The van der Waals surface area contributed by atoms with Gasteiger partial charge in [-0.2, -0.15) is 0 Å². The molecule has 0 atom stereocenters. The summed E-state index contributed by atoms with van der Waals surface area (Å²) in [5, 5.41) is 1.60. The van der Waals surface area contributed by atoms with Gasteiger partial charge >= 0.3 is 0 Å². The van der Waals surface area contributed by atoms with Gasteiger partial charge in [0.25, 0.3) is 0 Å². The minimum atomic E-state index is -0.280. The van der Waals surface area contributed by atoms with Crippen molar-refractivity contribution in [3.05, 3.63) is 53.2 Å². The van der Waals surface area contributed by atoms with Gasteiger partial charge in [0.15, 0.2) is 0 Å². The Labute approximate surface area is 144 Å². The first-order chi connectivity index (χ1) is 11.7. The fraction of sp³-hybridized carbons (Fsp3) is 0.333. The van der Waals surface area contributed by atoms with E-state index in [1.807, 2.05) is 12.3 Å². The van der Waals surface area contributed by atoms with E-state index in [1.54, 1.807) is 12.4 Å². The normalized spacial score (nSPS) is 16.0. The summed E-state index contributed by atoms with van der Waals surface area (Å²) in [4.78, 5) is 14.2. The van der Waals surface area contributed by atoms with Crippen molar-refractivity contribution in [3.63, 3.8) is 0 Å². The van der Waals surface area contributed by atoms with Gasteiger partial charge in [-0.05, 0) is 48.9 Å². The van der Waals surface area contributed by atoms with Crippen LogP contribution in [0.3, 0.4) is 0 Å². The van der Waals surface area contributed by atoms with Gasteiger partial charge in [-0.1, -0.05) is 17.7 Å². The van der Waals surface area contributed by atoms with Crippen molar-refractivity contribution in [2.24, 2.45) is 5.92 Å². The zero-order valence-electron chi connectivity index (χ0n) is 13.2. The molecule has 1 aromatic carbocycles. The third-order valence-electron chi connectivity index (χ3n) is 4.77. The number of halogens is 2. The average Bonchev–Trinajstić information content (AvgIpc) is 3.07. The SMILES string of the molecule is Fc1ccc(CC2CCN(c3ncnc4[nH]ccc34)CC2)c(Cl)c1. The number of H-pyrrole nitrogens is 1. The molecule has 0 bridgehead atoms. The maximum Gasteiger partial charge on any atom is 0.142 e. The van der Waals surface area contributed by atoms with Gasteiger partial charge in [-0.15, -0.1) is 0 Å². The van der Waals surface area contributed by atoms with Crippen molar-refractivity contribution in [2.75, 3.05) is 18.0 Å². The Morgan fingerprint density at radius 2 is 2.04 bits per heavy atom. The fourth-order valence-electron chi connectivity index (χ4n) is 3.46. The predicted molar refractivity (Wildman–Crippen MR) is 93.9 cm³/mol. The molecule has 0 spiro atoms. The number of nitrogens with one attached hydrogen (secondary N) is 1. The van der Waals surface area contributed by atoms with Gasteiger partial charge in [0.1, 0.15) is 23.6 Å². The zero-order chi connectivity index (χ0) is 16.5. The second-order valence-electron chi connectivity index (χ2n) is 6.31. The largest absolute Gasteiger partial charge is 0.356 e. The van der Waals surface area contributed by atoms with Crippen LogP contribution >= 0.6 is 11.6 Å². The molecular formula is C18H18ClFN4. The highest BCUT2D eigenvalue weighted by Gasteiger charge is 2.22. The minimum Gasteiger partial charge on any atom is -0.356 e. The smallest absolute Gasteiger partial charge is 0.142 e. The summed E-state index contributed by atoms with van der Waals surface area (Å²) in [5.74, 6) is 1.28. The van der Waals surface area contributed by atoms with Gasteiger partial charge in [-0.25, -0.2) is 14.4 Å². The summed E-state index contributed by atoms with van der Waals surface area (Å²) >= 11 is 6.16. The summed E-state index contributed by atoms with van der Waals surface area (Å²) < 4.78 is 13.2. The first kappa shape index (κ1) is 15.4. The zero-order valence-corrected chi connectivity index (χ0v) is 13.9. The van der Waals surface area contributed by atoms with Crippen LogP contribution in [0.4, 0.5) is 10.2 Å². The van der Waals surface area contributed by atoms with E-state index in [0.29, 0.717) is 10.9 Å². The highest BCUT2D eigenvalue weighted by Crippen LogP contribution is 2.30. The molecule has 0 aliphatic carbocycles. The lowest BCUT2D eigenvalue weighted by atomic mass is 9.90. The number of benzene rings is 1. The van der Waals surface area contributed by atoms with Gasteiger partial charge < -0.3 is 9.88 Å². The molecule has 124 valence electrons. The van der Waals surface area contributed by atoms with Gasteiger partial charge in [0.05, 0.1) is 5.39 Å². The molecule has 0 amide bonds. The number of piperidine rings is 1. The predicted octanol–water partition coefficient (Wildman–Crippen LogP) is 4.21. The molecule has 24 heavy (non-hydrogen) atoms. The number of anilines is 1. The van der Waals surface area contributed by atoms with Crippen LogP contribution in [0.1, 0.15) is 18.4 Å². The van der Waals surface area contributed by atoms with Crippen molar-refractivity contribution in [1.29, 1.82) is 0 Å². The Morgan fingerprint density at radius 1 is 1.21 bits per heavy atom. The molecule has 3 aromatic rings. The topological polar surface area (TPSA) is 44.8 Å². The number of aromatic amines is 1. The maximum absolute atomic E-state index is 13.2. The average molecular weight is 345 g/mol. The van der Waals surface area contributed by atoms with Crippen molar-refractivity contribution in [3.8, 4) is 0 Å². The molecule has 2 aromatic heterocycles. The Hall–Kier alpha value is -2.14. The Bertz CT molecular complexity index is 855. The molecular weight excluding hydrogens is 327 g/mol. The van der Waals surface area contributed by atoms with E-state index < -0.39 is 0 Å². The van der Waals surface area contributed by atoms with Crippen LogP contribution in [0.2, 0.25) is 5.02 Å². The van der Waals surface area contributed by atoms with Crippen molar-refractivity contribution >= 4 is 28.5 Å². The number of hydrogen-bond donors (Lipinski definition) is 1. The molecule has 0 unspecified atom stereocenters. The van der Waals surface area contributed by atoms with Crippen LogP contribution in [0.15, 0.2) is 36.8 Å². The molecule has 1 aliphatic rings. The number of nitrogens with zero attached hydrogens (tertiary/aromatic N) is 3. The third kappa shape index (κ3) is 2.96. The molecule has 6 heteroatoms. The van der Waals surface area contributed by atoms with Crippen LogP contribution < -0.4 is 4.90 Å². The van der Waals surface area contributed by atoms with E-state index >= 15 is 0 Å². The summed E-state index contributed by atoms with van der Waals surface area (Å²) in [6, 6.07) is 6.71. The molecule has 1 fully saturated rings. The maximum atomic E-state index is 13.2. The molecule has 3 heterocycles. The summed E-state index contributed by atoms with van der Waals surface area (Å²) in [5.41, 5.74) is 1.91. The molecule has 0 radical (unpaired) electrons. The molecule has 4 nitrogen and oxygen atoms in total. The fourth-order valence-corrected chi connectivity index (χ4v) is 3.70. The van der Waals surface area contributed by atoms with Crippen LogP contribution in [-0.2, 0) is 6.42 Å². The summed E-state index contributed by atoms with van der Waals surface area (Å²) in [7, 11) is 0. The Morgan fingerprint density at radius 3 is 2.83 bits per heavy atom. The van der Waals surface area contributed by atoms with Crippen LogP contribution in [0.5, 0.6) is 0 Å². The first-order valence-corrected chi connectivity index (χ1v) is 8.55. The van der Waals surface area contributed by atoms with E-state index in [4.69, 9.17) is 11.6 Å².